The monoisotopic (exact) mass is 359 g/mol. The number of amides is 1. The molecule has 2 aromatic carbocycles. The quantitative estimate of drug-likeness (QED) is 0.574. The first-order valence-electron chi connectivity index (χ1n) is 8.43. The van der Waals surface area contributed by atoms with E-state index in [0.29, 0.717) is 23.2 Å². The normalized spacial score (nSPS) is 10.7. The first-order valence-corrected chi connectivity index (χ1v) is 8.43. The minimum atomic E-state index is -0.237. The van der Waals surface area contributed by atoms with Crippen LogP contribution >= 0.6 is 0 Å². The highest BCUT2D eigenvalue weighted by atomic mass is 16.4. The van der Waals surface area contributed by atoms with E-state index in [0.717, 1.165) is 22.4 Å². The third kappa shape index (κ3) is 3.62. The van der Waals surface area contributed by atoms with Crippen LogP contribution in [0.15, 0.2) is 59.0 Å². The van der Waals surface area contributed by atoms with E-state index in [9.17, 15) is 4.79 Å². The van der Waals surface area contributed by atoms with Crippen molar-refractivity contribution in [1.82, 2.24) is 20.4 Å². The number of nitrogens with zero attached hydrogens (tertiary/aromatic N) is 3. The number of carbonyl (C=O) groups is 1. The lowest BCUT2D eigenvalue weighted by atomic mass is 10.1. The average molecular weight is 359 g/mol. The van der Waals surface area contributed by atoms with Gasteiger partial charge in [0.25, 0.3) is 5.91 Å². The van der Waals surface area contributed by atoms with Gasteiger partial charge in [0.1, 0.15) is 0 Å². The van der Waals surface area contributed by atoms with Crippen LogP contribution in [0, 0.1) is 13.8 Å². The lowest BCUT2D eigenvalue weighted by Gasteiger charge is -2.02. The number of benzene rings is 2. The number of aryl methyl sites for hydroxylation is 2. The Bertz CT molecular complexity index is 1100. The lowest BCUT2D eigenvalue weighted by molar-refractivity contribution is 0.102. The molecule has 0 saturated heterocycles. The Morgan fingerprint density at radius 3 is 2.37 bits per heavy atom. The molecule has 4 rings (SSSR count). The standard InChI is InChI=1S/C20H17N5O2/c1-12-4-3-5-16(10-12)20-25-24-19(27-20)15-8-6-14(7-9-15)18(26)21-17-11-13(2)22-23-17/h3-11H,1-2H3,(H2,21,22,23,26). The van der Waals surface area contributed by atoms with Gasteiger partial charge < -0.3 is 9.73 Å². The van der Waals surface area contributed by atoms with Gasteiger partial charge in [-0.05, 0) is 50.2 Å². The van der Waals surface area contributed by atoms with E-state index >= 15 is 0 Å². The van der Waals surface area contributed by atoms with Crippen molar-refractivity contribution in [3.8, 4) is 22.9 Å². The molecule has 0 aliphatic carbocycles. The first kappa shape index (κ1) is 16.7. The molecule has 2 N–H and O–H groups in total. The molecule has 0 aliphatic rings. The predicted octanol–water partition coefficient (Wildman–Crippen LogP) is 4.00. The van der Waals surface area contributed by atoms with Gasteiger partial charge in [0.2, 0.25) is 11.8 Å². The Morgan fingerprint density at radius 2 is 1.70 bits per heavy atom. The van der Waals surface area contributed by atoms with Gasteiger partial charge in [-0.1, -0.05) is 17.7 Å². The number of aromatic amines is 1. The van der Waals surface area contributed by atoms with Crippen molar-refractivity contribution in [2.24, 2.45) is 0 Å². The van der Waals surface area contributed by atoms with Crippen LogP contribution in [0.3, 0.4) is 0 Å². The third-order valence-corrected chi connectivity index (χ3v) is 4.03. The molecule has 0 spiro atoms. The van der Waals surface area contributed by atoms with Gasteiger partial charge in [-0.25, -0.2) is 0 Å². The number of carbonyl (C=O) groups excluding carboxylic acids is 1. The molecule has 0 aliphatic heterocycles. The molecule has 0 fully saturated rings. The predicted molar refractivity (Wildman–Crippen MR) is 101 cm³/mol. The number of hydrogen-bond donors (Lipinski definition) is 2. The van der Waals surface area contributed by atoms with Crippen LogP contribution in [-0.2, 0) is 0 Å². The molecule has 4 aromatic rings. The Morgan fingerprint density at radius 1 is 0.963 bits per heavy atom. The number of rotatable bonds is 4. The van der Waals surface area contributed by atoms with Crippen molar-refractivity contribution < 1.29 is 9.21 Å². The summed E-state index contributed by atoms with van der Waals surface area (Å²) >= 11 is 0. The van der Waals surface area contributed by atoms with E-state index in [4.69, 9.17) is 4.42 Å². The molecule has 7 heteroatoms. The van der Waals surface area contributed by atoms with E-state index in [2.05, 4.69) is 25.7 Å². The molecule has 0 unspecified atom stereocenters. The van der Waals surface area contributed by atoms with Crippen LogP contribution in [0.2, 0.25) is 0 Å². The van der Waals surface area contributed by atoms with E-state index in [1.54, 1.807) is 30.3 Å². The summed E-state index contributed by atoms with van der Waals surface area (Å²) in [6, 6.07) is 16.6. The van der Waals surface area contributed by atoms with E-state index in [-0.39, 0.29) is 5.91 Å². The van der Waals surface area contributed by atoms with Crippen molar-refractivity contribution in [2.45, 2.75) is 13.8 Å². The van der Waals surface area contributed by atoms with E-state index in [1.807, 2.05) is 38.1 Å². The average Bonchev–Trinajstić information content (AvgIpc) is 3.31. The Balaban J connectivity index is 1.51. The molecule has 27 heavy (non-hydrogen) atoms. The third-order valence-electron chi connectivity index (χ3n) is 4.03. The number of aromatic nitrogens is 4. The second-order valence-electron chi connectivity index (χ2n) is 6.25. The van der Waals surface area contributed by atoms with Crippen molar-refractivity contribution >= 4 is 11.7 Å². The van der Waals surface area contributed by atoms with Gasteiger partial charge in [-0.2, -0.15) is 5.10 Å². The maximum absolute atomic E-state index is 12.3. The highest BCUT2D eigenvalue weighted by molar-refractivity contribution is 6.03. The topological polar surface area (TPSA) is 96.7 Å². The molecular weight excluding hydrogens is 342 g/mol. The zero-order chi connectivity index (χ0) is 18.8. The first-order chi connectivity index (χ1) is 13.1. The number of hydrogen-bond acceptors (Lipinski definition) is 5. The van der Waals surface area contributed by atoms with Crippen molar-refractivity contribution in [1.29, 1.82) is 0 Å². The fourth-order valence-corrected chi connectivity index (χ4v) is 2.67. The lowest BCUT2D eigenvalue weighted by Crippen LogP contribution is -2.11. The Hall–Kier alpha value is -3.74. The molecule has 0 atom stereocenters. The molecule has 2 heterocycles. The fraction of sp³-hybridized carbons (Fsp3) is 0.100. The summed E-state index contributed by atoms with van der Waals surface area (Å²) in [5, 5.41) is 17.7. The summed E-state index contributed by atoms with van der Waals surface area (Å²) in [5.74, 6) is 1.12. The molecule has 2 aromatic heterocycles. The largest absolute Gasteiger partial charge is 0.416 e. The molecule has 1 amide bonds. The Kier molecular flexibility index (Phi) is 4.25. The number of anilines is 1. The highest BCUT2D eigenvalue weighted by Crippen LogP contribution is 2.24. The molecule has 0 radical (unpaired) electrons. The number of nitrogens with one attached hydrogen (secondary N) is 2. The van der Waals surface area contributed by atoms with Crippen molar-refractivity contribution in [3.63, 3.8) is 0 Å². The van der Waals surface area contributed by atoms with Crippen LogP contribution in [0.4, 0.5) is 5.82 Å². The van der Waals surface area contributed by atoms with Gasteiger partial charge in [0.15, 0.2) is 5.82 Å². The van der Waals surface area contributed by atoms with Crippen LogP contribution in [0.1, 0.15) is 21.6 Å². The molecule has 134 valence electrons. The number of H-pyrrole nitrogens is 1. The second-order valence-corrected chi connectivity index (χ2v) is 6.25. The fourth-order valence-electron chi connectivity index (χ4n) is 2.67. The molecule has 0 saturated carbocycles. The van der Waals surface area contributed by atoms with Gasteiger partial charge in [0.05, 0.1) is 0 Å². The summed E-state index contributed by atoms with van der Waals surface area (Å²) in [4.78, 5) is 12.3. The summed E-state index contributed by atoms with van der Waals surface area (Å²) < 4.78 is 5.77. The van der Waals surface area contributed by atoms with Gasteiger partial charge in [0, 0.05) is 28.5 Å². The smallest absolute Gasteiger partial charge is 0.256 e. The van der Waals surface area contributed by atoms with Gasteiger partial charge in [-0.15, -0.1) is 10.2 Å². The minimum absolute atomic E-state index is 0.237. The summed E-state index contributed by atoms with van der Waals surface area (Å²) in [6.07, 6.45) is 0. The molecule has 7 nitrogen and oxygen atoms in total. The van der Waals surface area contributed by atoms with Crippen LogP contribution < -0.4 is 5.32 Å². The SMILES string of the molecule is Cc1cccc(-c2nnc(-c3ccc(C(=O)Nc4cc(C)[nH]n4)cc3)o2)c1. The summed E-state index contributed by atoms with van der Waals surface area (Å²) in [6.45, 7) is 3.88. The minimum Gasteiger partial charge on any atom is -0.416 e. The summed E-state index contributed by atoms with van der Waals surface area (Å²) in [5.41, 5.74) is 4.13. The van der Waals surface area contributed by atoms with Gasteiger partial charge in [-0.3, -0.25) is 9.89 Å². The van der Waals surface area contributed by atoms with Crippen molar-refractivity contribution in [2.75, 3.05) is 5.32 Å². The maximum atomic E-state index is 12.3. The van der Waals surface area contributed by atoms with Gasteiger partial charge >= 0.3 is 0 Å². The Labute approximate surface area is 155 Å². The second kappa shape index (κ2) is 6.87. The zero-order valence-electron chi connectivity index (χ0n) is 14.9. The molecule has 0 bridgehead atoms. The van der Waals surface area contributed by atoms with E-state index < -0.39 is 0 Å². The van der Waals surface area contributed by atoms with Crippen LogP contribution in [0.25, 0.3) is 22.9 Å². The van der Waals surface area contributed by atoms with Crippen LogP contribution in [0.5, 0.6) is 0 Å². The maximum Gasteiger partial charge on any atom is 0.256 e. The van der Waals surface area contributed by atoms with E-state index in [1.165, 1.54) is 0 Å². The van der Waals surface area contributed by atoms with Crippen molar-refractivity contribution in [3.05, 3.63) is 71.4 Å². The van der Waals surface area contributed by atoms with Crippen LogP contribution in [-0.4, -0.2) is 26.3 Å². The molecular formula is C20H17N5O2. The zero-order valence-corrected chi connectivity index (χ0v) is 14.9. The highest BCUT2D eigenvalue weighted by Gasteiger charge is 2.12. The summed E-state index contributed by atoms with van der Waals surface area (Å²) in [7, 11) is 0.